The van der Waals surface area contributed by atoms with Gasteiger partial charge in [-0.2, -0.15) is 0 Å². The number of carbonyl (C=O) groups is 1. The molecule has 0 unspecified atom stereocenters. The molecule has 0 aliphatic carbocycles. The van der Waals surface area contributed by atoms with Crippen molar-refractivity contribution in [1.29, 1.82) is 0 Å². The fourth-order valence-electron chi connectivity index (χ4n) is 2.01. The summed E-state index contributed by atoms with van der Waals surface area (Å²) < 4.78 is 57.4. The molecule has 0 amide bonds. The Hall–Kier alpha value is -2.43. The molecule has 0 saturated heterocycles. The van der Waals surface area contributed by atoms with Crippen molar-refractivity contribution in [3.63, 3.8) is 0 Å². The van der Waals surface area contributed by atoms with E-state index in [1.165, 1.54) is 55.6 Å². The van der Waals surface area contributed by atoms with Crippen LogP contribution in [-0.2, 0) is 24.8 Å². The molecule has 0 saturated carbocycles. The molecule has 0 atom stereocenters. The molecule has 0 spiro atoms. The van der Waals surface area contributed by atoms with Crippen molar-refractivity contribution >= 4 is 31.7 Å². The number of hydrogen-bond donors (Lipinski definition) is 2. The van der Waals surface area contributed by atoms with E-state index in [9.17, 15) is 21.6 Å². The summed E-state index contributed by atoms with van der Waals surface area (Å²) in [5, 5.41) is 0. The molecule has 10 heteroatoms. The molecule has 0 heterocycles. The first kappa shape index (κ1) is 18.9. The molecule has 0 fully saturated rings. The second-order valence-electron chi connectivity index (χ2n) is 4.83. The Kier molecular flexibility index (Phi) is 5.45. The van der Waals surface area contributed by atoms with E-state index in [0.717, 1.165) is 7.11 Å². The Morgan fingerprint density at radius 3 is 2.08 bits per heavy atom. The number of sulfonamides is 2. The molecule has 0 aliphatic heterocycles. The normalized spacial score (nSPS) is 11.8. The van der Waals surface area contributed by atoms with Gasteiger partial charge >= 0.3 is 5.97 Å². The van der Waals surface area contributed by atoms with Gasteiger partial charge in [-0.3, -0.25) is 4.72 Å². The van der Waals surface area contributed by atoms with Gasteiger partial charge in [0.2, 0.25) is 10.0 Å². The number of anilines is 1. The predicted molar refractivity (Wildman–Crippen MR) is 91.3 cm³/mol. The van der Waals surface area contributed by atoms with Gasteiger partial charge in [-0.25, -0.2) is 26.4 Å². The second kappa shape index (κ2) is 7.21. The topological polar surface area (TPSA) is 119 Å². The van der Waals surface area contributed by atoms with Gasteiger partial charge in [0.05, 0.1) is 17.6 Å². The van der Waals surface area contributed by atoms with Gasteiger partial charge in [0.25, 0.3) is 10.0 Å². The van der Waals surface area contributed by atoms with E-state index >= 15 is 0 Å². The van der Waals surface area contributed by atoms with Crippen molar-refractivity contribution in [3.05, 3.63) is 54.1 Å². The van der Waals surface area contributed by atoms with E-state index < -0.39 is 26.0 Å². The third-order valence-electron chi connectivity index (χ3n) is 3.27. The maximum atomic E-state index is 12.5. The molecule has 8 nitrogen and oxygen atoms in total. The smallest absolute Gasteiger partial charge is 0.339 e. The number of ether oxygens (including phenoxy) is 1. The molecular weight excluding hydrogens is 368 g/mol. The van der Waals surface area contributed by atoms with Crippen LogP contribution in [0, 0.1) is 0 Å². The number of rotatable bonds is 6. The third-order valence-corrected chi connectivity index (χ3v) is 6.14. The molecule has 2 rings (SSSR count). The van der Waals surface area contributed by atoms with Crippen LogP contribution in [0.2, 0.25) is 0 Å². The summed E-state index contributed by atoms with van der Waals surface area (Å²) in [7, 11) is -5.26. The minimum absolute atomic E-state index is 0.00657. The lowest BCUT2D eigenvalue weighted by Crippen LogP contribution is -2.19. The number of esters is 1. The zero-order valence-electron chi connectivity index (χ0n) is 13.4. The number of benzene rings is 2. The van der Waals surface area contributed by atoms with Crippen LogP contribution in [0.3, 0.4) is 0 Å². The Morgan fingerprint density at radius 2 is 1.52 bits per heavy atom. The Balaban J connectivity index is 2.36. The van der Waals surface area contributed by atoms with Gasteiger partial charge in [-0.15, -0.1) is 0 Å². The van der Waals surface area contributed by atoms with E-state index in [4.69, 9.17) is 0 Å². The van der Waals surface area contributed by atoms with Gasteiger partial charge in [-0.05, 0) is 43.4 Å². The first-order valence-electron chi connectivity index (χ1n) is 6.95. The third kappa shape index (κ3) is 4.16. The largest absolute Gasteiger partial charge is 0.465 e. The second-order valence-corrected chi connectivity index (χ2v) is 8.36. The molecule has 2 N–H and O–H groups in total. The number of carbonyl (C=O) groups excluding carboxylic acids is 1. The van der Waals surface area contributed by atoms with Crippen molar-refractivity contribution in [1.82, 2.24) is 4.72 Å². The highest BCUT2D eigenvalue weighted by Gasteiger charge is 2.23. The molecule has 25 heavy (non-hydrogen) atoms. The maximum Gasteiger partial charge on any atom is 0.339 e. The van der Waals surface area contributed by atoms with E-state index in [-0.39, 0.29) is 21.0 Å². The van der Waals surface area contributed by atoms with Gasteiger partial charge in [0, 0.05) is 5.69 Å². The van der Waals surface area contributed by atoms with E-state index in [1.807, 2.05) is 0 Å². The lowest BCUT2D eigenvalue weighted by atomic mass is 10.2. The summed E-state index contributed by atoms with van der Waals surface area (Å²) in [5.41, 5.74) is 0.0432. The highest BCUT2D eigenvalue weighted by atomic mass is 32.2. The fraction of sp³-hybridized carbons (Fsp3) is 0.133. The van der Waals surface area contributed by atoms with Crippen LogP contribution in [0.25, 0.3) is 0 Å². The SMILES string of the molecule is CNS(=O)(=O)c1ccc(NS(=O)(=O)c2ccccc2C(=O)OC)cc1. The van der Waals surface area contributed by atoms with E-state index in [0.29, 0.717) is 0 Å². The molecule has 2 aromatic carbocycles. The summed E-state index contributed by atoms with van der Waals surface area (Å²) in [4.78, 5) is 11.5. The minimum Gasteiger partial charge on any atom is -0.465 e. The minimum atomic E-state index is -4.07. The van der Waals surface area contributed by atoms with Crippen LogP contribution >= 0.6 is 0 Å². The van der Waals surface area contributed by atoms with Crippen molar-refractivity contribution in [3.8, 4) is 0 Å². The van der Waals surface area contributed by atoms with Gasteiger partial charge in [-0.1, -0.05) is 12.1 Å². The zero-order chi connectivity index (χ0) is 18.7. The highest BCUT2D eigenvalue weighted by molar-refractivity contribution is 7.92. The van der Waals surface area contributed by atoms with Gasteiger partial charge in [0.15, 0.2) is 0 Å². The molecule has 0 radical (unpaired) electrons. The average molecular weight is 384 g/mol. The summed E-state index contributed by atoms with van der Waals surface area (Å²) in [6.07, 6.45) is 0. The first-order valence-corrected chi connectivity index (χ1v) is 9.91. The molecule has 2 aromatic rings. The lowest BCUT2D eigenvalue weighted by molar-refractivity contribution is 0.0596. The van der Waals surface area contributed by atoms with Crippen LogP contribution in [-0.4, -0.2) is 37.0 Å². The Labute approximate surface area is 145 Å². The van der Waals surface area contributed by atoms with Crippen LogP contribution in [0.4, 0.5) is 5.69 Å². The van der Waals surface area contributed by atoms with E-state index in [1.54, 1.807) is 0 Å². The molecule has 0 bridgehead atoms. The Morgan fingerprint density at radius 1 is 0.920 bits per heavy atom. The van der Waals surface area contributed by atoms with Gasteiger partial charge < -0.3 is 4.74 Å². The lowest BCUT2D eigenvalue weighted by Gasteiger charge is -2.11. The monoisotopic (exact) mass is 384 g/mol. The maximum absolute atomic E-state index is 12.5. The number of methoxy groups -OCH3 is 1. The molecule has 134 valence electrons. The van der Waals surface area contributed by atoms with Crippen molar-refractivity contribution in [2.24, 2.45) is 0 Å². The van der Waals surface area contributed by atoms with Crippen LogP contribution in [0.1, 0.15) is 10.4 Å². The summed E-state index contributed by atoms with van der Waals surface area (Å²) in [5.74, 6) is -0.781. The van der Waals surface area contributed by atoms with E-state index in [2.05, 4.69) is 14.2 Å². The van der Waals surface area contributed by atoms with Crippen molar-refractivity contribution < 1.29 is 26.4 Å². The fourth-order valence-corrected chi connectivity index (χ4v) is 3.99. The summed E-state index contributed by atoms with van der Waals surface area (Å²) >= 11 is 0. The number of nitrogens with one attached hydrogen (secondary N) is 2. The van der Waals surface area contributed by atoms with Crippen molar-refractivity contribution in [2.45, 2.75) is 9.79 Å². The Bertz CT molecular complexity index is 983. The first-order chi connectivity index (χ1) is 11.7. The number of hydrogen-bond acceptors (Lipinski definition) is 6. The molecule has 0 aromatic heterocycles. The van der Waals surface area contributed by atoms with Gasteiger partial charge in [0.1, 0.15) is 4.90 Å². The average Bonchev–Trinajstić information content (AvgIpc) is 2.61. The van der Waals surface area contributed by atoms with Crippen LogP contribution in [0.5, 0.6) is 0 Å². The summed E-state index contributed by atoms with van der Waals surface area (Å²) in [6.45, 7) is 0. The quantitative estimate of drug-likeness (QED) is 0.722. The zero-order valence-corrected chi connectivity index (χ0v) is 15.0. The predicted octanol–water partition coefficient (Wildman–Crippen LogP) is 1.18. The van der Waals surface area contributed by atoms with Crippen LogP contribution in [0.15, 0.2) is 58.3 Å². The highest BCUT2D eigenvalue weighted by Crippen LogP contribution is 2.21. The standard InChI is InChI=1S/C15H16N2O6S2/c1-16-24(19,20)12-9-7-11(8-10-12)17-25(21,22)14-6-4-3-5-13(14)15(18)23-2/h3-10,16-17H,1-2H3. The summed E-state index contributed by atoms with van der Waals surface area (Å²) in [6, 6.07) is 10.7. The molecule has 0 aliphatic rings. The molecular formula is C15H16N2O6S2. The van der Waals surface area contributed by atoms with Crippen LogP contribution < -0.4 is 9.44 Å². The van der Waals surface area contributed by atoms with Crippen molar-refractivity contribution in [2.75, 3.05) is 18.9 Å².